The third-order valence-corrected chi connectivity index (χ3v) is 2.93. The maximum Gasteiger partial charge on any atom is 0.318 e. The van der Waals surface area contributed by atoms with Gasteiger partial charge in [0.2, 0.25) is 5.95 Å². The van der Waals surface area contributed by atoms with E-state index >= 15 is 0 Å². The zero-order valence-corrected chi connectivity index (χ0v) is 10.5. The highest BCUT2D eigenvalue weighted by Gasteiger charge is 2.24. The van der Waals surface area contributed by atoms with Crippen molar-refractivity contribution in [3.63, 3.8) is 0 Å². The number of hydrogen-bond acceptors (Lipinski definition) is 6. The van der Waals surface area contributed by atoms with E-state index in [1.54, 1.807) is 35.0 Å². The van der Waals surface area contributed by atoms with Crippen LogP contribution in [0.2, 0.25) is 0 Å². The maximum atomic E-state index is 11.3. The smallest absolute Gasteiger partial charge is 0.318 e. The Bertz CT molecular complexity index is 826. The highest BCUT2D eigenvalue weighted by molar-refractivity contribution is 5.71. The highest BCUT2D eigenvalue weighted by Crippen LogP contribution is 2.30. The summed E-state index contributed by atoms with van der Waals surface area (Å²) >= 11 is 0. The van der Waals surface area contributed by atoms with Gasteiger partial charge in [0, 0.05) is 12.4 Å². The highest BCUT2D eigenvalue weighted by atomic mass is 16.6. The lowest BCUT2D eigenvalue weighted by Crippen LogP contribution is -2.06. The number of fused-ring (bicyclic) bond motifs is 1. The van der Waals surface area contributed by atoms with Crippen LogP contribution in [0.25, 0.3) is 17.0 Å². The Hall–Kier alpha value is -3.03. The average Bonchev–Trinajstić information content (AvgIpc) is 2.84. The molecule has 0 fully saturated rings. The minimum Gasteiger partial charge on any atom is -0.368 e. The lowest BCUT2D eigenvalue weighted by atomic mass is 10.2. The molecule has 3 aromatic heterocycles. The zero-order valence-electron chi connectivity index (χ0n) is 10.5. The van der Waals surface area contributed by atoms with Gasteiger partial charge in [0.1, 0.15) is 11.3 Å². The van der Waals surface area contributed by atoms with Crippen LogP contribution < -0.4 is 5.73 Å². The second-order valence-corrected chi connectivity index (χ2v) is 4.19. The molecule has 8 nitrogen and oxygen atoms in total. The molecule has 0 radical (unpaired) electrons. The normalized spacial score (nSPS) is 10.8. The van der Waals surface area contributed by atoms with Crippen molar-refractivity contribution in [3.05, 3.63) is 46.4 Å². The maximum absolute atomic E-state index is 11.3. The Morgan fingerprint density at radius 2 is 2.15 bits per heavy atom. The van der Waals surface area contributed by atoms with Crippen LogP contribution in [0.15, 0.2) is 30.6 Å². The van der Waals surface area contributed by atoms with Gasteiger partial charge in [-0.2, -0.15) is 0 Å². The molecule has 8 heteroatoms. The van der Waals surface area contributed by atoms with Crippen molar-refractivity contribution in [2.45, 2.75) is 6.92 Å². The molecule has 3 aromatic rings. The fourth-order valence-corrected chi connectivity index (χ4v) is 2.13. The zero-order chi connectivity index (χ0) is 14.3. The second-order valence-electron chi connectivity index (χ2n) is 4.19. The Balaban J connectivity index is 2.39. The lowest BCUT2D eigenvalue weighted by molar-refractivity contribution is -0.385. The largest absolute Gasteiger partial charge is 0.368 e. The SMILES string of the molecule is Cc1nc(N)nc(-c2cccc3nccn23)c1[N+](=O)[O-]. The summed E-state index contributed by atoms with van der Waals surface area (Å²) in [6.45, 7) is 1.54. The van der Waals surface area contributed by atoms with Crippen LogP contribution in [0.4, 0.5) is 11.6 Å². The Morgan fingerprint density at radius 3 is 2.90 bits per heavy atom. The van der Waals surface area contributed by atoms with Gasteiger partial charge in [-0.1, -0.05) is 6.07 Å². The molecule has 0 saturated carbocycles. The first kappa shape index (κ1) is 12.0. The minimum atomic E-state index is -0.500. The summed E-state index contributed by atoms with van der Waals surface area (Å²) in [5.41, 5.74) is 7.10. The second kappa shape index (κ2) is 4.26. The number of nitrogen functional groups attached to an aromatic ring is 1. The van der Waals surface area contributed by atoms with Crippen molar-refractivity contribution >= 4 is 17.3 Å². The van der Waals surface area contributed by atoms with E-state index in [0.717, 1.165) is 0 Å². The molecule has 2 N–H and O–H groups in total. The summed E-state index contributed by atoms with van der Waals surface area (Å²) < 4.78 is 1.72. The molecule has 0 spiro atoms. The number of pyridine rings is 1. The first-order valence-corrected chi connectivity index (χ1v) is 5.79. The first-order valence-electron chi connectivity index (χ1n) is 5.79. The standard InChI is InChI=1S/C12H10N6O2/c1-7-11(18(19)20)10(16-12(13)15-7)8-3-2-4-9-14-5-6-17(8)9/h2-6H,1H3,(H2,13,15,16). The predicted molar refractivity (Wildman–Crippen MR) is 72.0 cm³/mol. The summed E-state index contributed by atoms with van der Waals surface area (Å²) in [5, 5.41) is 11.3. The van der Waals surface area contributed by atoms with E-state index in [0.29, 0.717) is 11.3 Å². The molecule has 0 aliphatic rings. The molecule has 3 rings (SSSR count). The van der Waals surface area contributed by atoms with E-state index in [2.05, 4.69) is 15.0 Å². The van der Waals surface area contributed by atoms with Gasteiger partial charge in [-0.25, -0.2) is 15.0 Å². The van der Waals surface area contributed by atoms with Crippen LogP contribution >= 0.6 is 0 Å². The predicted octanol–water partition coefficient (Wildman–Crippen LogP) is 1.59. The van der Waals surface area contributed by atoms with Crippen LogP contribution in [0.1, 0.15) is 5.69 Å². The number of aryl methyl sites for hydroxylation is 1. The van der Waals surface area contributed by atoms with E-state index in [9.17, 15) is 10.1 Å². The molecule has 3 heterocycles. The van der Waals surface area contributed by atoms with Gasteiger partial charge in [-0.15, -0.1) is 0 Å². The molecule has 20 heavy (non-hydrogen) atoms. The average molecular weight is 270 g/mol. The topological polar surface area (TPSA) is 112 Å². The van der Waals surface area contributed by atoms with Crippen molar-refractivity contribution in [2.24, 2.45) is 0 Å². The summed E-state index contributed by atoms with van der Waals surface area (Å²) in [5.74, 6) is 0.000202. The minimum absolute atomic E-state index is 0.000202. The van der Waals surface area contributed by atoms with E-state index in [1.165, 1.54) is 6.92 Å². The Kier molecular flexibility index (Phi) is 2.56. The van der Waals surface area contributed by atoms with Gasteiger partial charge < -0.3 is 5.73 Å². The molecule has 0 aliphatic heterocycles. The molecule has 0 unspecified atom stereocenters. The van der Waals surface area contributed by atoms with Crippen LogP contribution in [-0.2, 0) is 0 Å². The summed E-state index contributed by atoms with van der Waals surface area (Å²) in [7, 11) is 0. The number of nitrogens with two attached hydrogens (primary N) is 1. The number of aromatic nitrogens is 4. The van der Waals surface area contributed by atoms with Gasteiger partial charge in [0.05, 0.1) is 10.6 Å². The van der Waals surface area contributed by atoms with Crippen LogP contribution in [0.3, 0.4) is 0 Å². The molecule has 0 atom stereocenters. The molecular weight excluding hydrogens is 260 g/mol. The number of imidazole rings is 1. The van der Waals surface area contributed by atoms with Gasteiger partial charge in [-0.3, -0.25) is 14.5 Å². The fourth-order valence-electron chi connectivity index (χ4n) is 2.13. The van der Waals surface area contributed by atoms with Crippen molar-refractivity contribution in [1.82, 2.24) is 19.4 Å². The van der Waals surface area contributed by atoms with Crippen LogP contribution in [-0.4, -0.2) is 24.3 Å². The molecule has 0 aliphatic carbocycles. The monoisotopic (exact) mass is 270 g/mol. The number of anilines is 1. The number of nitro groups is 1. The van der Waals surface area contributed by atoms with Gasteiger partial charge in [0.15, 0.2) is 5.69 Å². The van der Waals surface area contributed by atoms with Crippen LogP contribution in [0.5, 0.6) is 0 Å². The lowest BCUT2D eigenvalue weighted by Gasteiger charge is -2.07. The van der Waals surface area contributed by atoms with E-state index < -0.39 is 4.92 Å². The molecule has 0 amide bonds. The molecule has 0 bridgehead atoms. The van der Waals surface area contributed by atoms with Gasteiger partial charge in [-0.05, 0) is 19.1 Å². The summed E-state index contributed by atoms with van der Waals surface area (Å²) in [4.78, 5) is 22.8. The molecule has 0 aromatic carbocycles. The quantitative estimate of drug-likeness (QED) is 0.559. The third-order valence-electron chi connectivity index (χ3n) is 2.93. The Morgan fingerprint density at radius 1 is 1.35 bits per heavy atom. The van der Waals surface area contributed by atoms with Crippen molar-refractivity contribution in [2.75, 3.05) is 5.73 Å². The van der Waals surface area contributed by atoms with E-state index in [-0.39, 0.29) is 23.0 Å². The van der Waals surface area contributed by atoms with Gasteiger partial charge >= 0.3 is 5.69 Å². The van der Waals surface area contributed by atoms with Gasteiger partial charge in [0.25, 0.3) is 0 Å². The van der Waals surface area contributed by atoms with Crippen molar-refractivity contribution < 1.29 is 4.92 Å². The van der Waals surface area contributed by atoms with E-state index in [4.69, 9.17) is 5.73 Å². The molecular formula is C12H10N6O2. The number of nitrogens with zero attached hydrogens (tertiary/aromatic N) is 5. The molecule has 100 valence electrons. The van der Waals surface area contributed by atoms with Crippen molar-refractivity contribution in [1.29, 1.82) is 0 Å². The summed E-state index contributed by atoms with van der Waals surface area (Å²) in [6.07, 6.45) is 3.32. The number of rotatable bonds is 2. The van der Waals surface area contributed by atoms with Crippen LogP contribution in [0, 0.1) is 17.0 Å². The van der Waals surface area contributed by atoms with E-state index in [1.807, 2.05) is 0 Å². The number of hydrogen-bond donors (Lipinski definition) is 1. The fraction of sp³-hybridized carbons (Fsp3) is 0.0833. The van der Waals surface area contributed by atoms with Crippen molar-refractivity contribution in [3.8, 4) is 11.4 Å². The third kappa shape index (κ3) is 1.74. The molecule has 0 saturated heterocycles. The summed E-state index contributed by atoms with van der Waals surface area (Å²) in [6, 6.07) is 5.28. The first-order chi connectivity index (χ1) is 9.58. The Labute approximate surface area is 113 Å².